The SMILES string of the molecule is COc1cc(C2C3=CCC4C(=O)N(O)C(=O)C4C3CC3C(=O)N(c4ccccc4)C(=O)C32C)cc(Cl)c1O. The highest BCUT2D eigenvalue weighted by Crippen LogP contribution is 2.64. The predicted molar refractivity (Wildman–Crippen MR) is 134 cm³/mol. The molecule has 0 aromatic heterocycles. The van der Waals surface area contributed by atoms with Gasteiger partial charge >= 0.3 is 0 Å². The maximum absolute atomic E-state index is 14.2. The fraction of sp³-hybridized carbons (Fsp3) is 0.357. The molecule has 2 N–H and O–H groups in total. The Morgan fingerprint density at radius 2 is 1.74 bits per heavy atom. The number of halogens is 1. The minimum absolute atomic E-state index is 0.0150. The van der Waals surface area contributed by atoms with Gasteiger partial charge in [-0.05, 0) is 55.5 Å². The number of para-hydroxylation sites is 1. The molecule has 4 amide bonds. The normalized spacial score (nSPS) is 32.2. The number of phenolic OH excluding ortho intramolecular Hbond substituents is 1. The van der Waals surface area contributed by atoms with Crippen molar-refractivity contribution in [1.82, 2.24) is 5.06 Å². The average Bonchev–Trinajstić information content (AvgIpc) is 3.25. The summed E-state index contributed by atoms with van der Waals surface area (Å²) in [6.07, 6.45) is 2.24. The molecule has 0 bridgehead atoms. The van der Waals surface area contributed by atoms with Crippen LogP contribution in [0.4, 0.5) is 5.69 Å². The van der Waals surface area contributed by atoms with Gasteiger partial charge in [-0.1, -0.05) is 41.4 Å². The molecule has 6 unspecified atom stereocenters. The summed E-state index contributed by atoms with van der Waals surface area (Å²) in [7, 11) is 1.38. The number of nitrogens with zero attached hydrogens (tertiary/aromatic N) is 2. The third-order valence-electron chi connectivity index (χ3n) is 8.87. The highest BCUT2D eigenvalue weighted by Gasteiger charge is 2.67. The summed E-state index contributed by atoms with van der Waals surface area (Å²) in [5.74, 6) is -5.93. The number of ether oxygens (including phenoxy) is 1. The van der Waals surface area contributed by atoms with Crippen LogP contribution in [0.5, 0.6) is 11.5 Å². The number of carbonyl (C=O) groups excluding carboxylic acids is 4. The van der Waals surface area contributed by atoms with Crippen molar-refractivity contribution in [2.45, 2.75) is 25.7 Å². The van der Waals surface area contributed by atoms with Gasteiger partial charge in [0.15, 0.2) is 11.5 Å². The Balaban J connectivity index is 1.57. The number of phenols is 1. The summed E-state index contributed by atoms with van der Waals surface area (Å²) in [4.78, 5) is 55.0. The quantitative estimate of drug-likeness (QED) is 0.348. The molecule has 196 valence electrons. The molecule has 3 fully saturated rings. The molecule has 6 atom stereocenters. The number of fused-ring (bicyclic) bond motifs is 4. The Bertz CT molecular complexity index is 1440. The molecule has 6 rings (SSSR count). The van der Waals surface area contributed by atoms with Crippen molar-refractivity contribution in [3.8, 4) is 11.5 Å². The van der Waals surface area contributed by atoms with Crippen molar-refractivity contribution >= 4 is 40.9 Å². The first-order valence-corrected chi connectivity index (χ1v) is 12.8. The zero-order valence-corrected chi connectivity index (χ0v) is 21.4. The van der Waals surface area contributed by atoms with Gasteiger partial charge in [-0.15, -0.1) is 0 Å². The summed E-state index contributed by atoms with van der Waals surface area (Å²) in [6.45, 7) is 1.75. The van der Waals surface area contributed by atoms with Crippen LogP contribution in [0.25, 0.3) is 0 Å². The van der Waals surface area contributed by atoms with Gasteiger partial charge in [0.05, 0.1) is 41.0 Å². The monoisotopic (exact) mass is 536 g/mol. The molecule has 2 aliphatic heterocycles. The predicted octanol–water partition coefficient (Wildman–Crippen LogP) is 3.67. The van der Waals surface area contributed by atoms with Crippen molar-refractivity contribution in [2.24, 2.45) is 29.1 Å². The van der Waals surface area contributed by atoms with Crippen molar-refractivity contribution in [3.05, 3.63) is 64.7 Å². The number of benzene rings is 2. The fourth-order valence-electron chi connectivity index (χ4n) is 7.12. The first kappa shape index (κ1) is 24.6. The zero-order valence-electron chi connectivity index (χ0n) is 20.6. The Hall–Kier alpha value is -3.69. The van der Waals surface area contributed by atoms with Crippen molar-refractivity contribution < 1.29 is 34.2 Å². The maximum Gasteiger partial charge on any atom is 0.257 e. The van der Waals surface area contributed by atoms with Gasteiger partial charge in [0.2, 0.25) is 11.8 Å². The van der Waals surface area contributed by atoms with Crippen LogP contribution in [0.15, 0.2) is 54.1 Å². The molecule has 4 aliphatic rings. The summed E-state index contributed by atoms with van der Waals surface area (Å²) in [5.41, 5.74) is 0.473. The number of hydroxylamine groups is 2. The van der Waals surface area contributed by atoms with Gasteiger partial charge in [0.25, 0.3) is 11.8 Å². The number of carbonyl (C=O) groups is 4. The van der Waals surface area contributed by atoms with E-state index in [2.05, 4.69) is 0 Å². The Labute approximate surface area is 223 Å². The standard InChI is InChI=1S/C28H25ClN2O7/c1-28-18(25(34)30(27(28)36)14-6-4-3-5-7-14)12-17-15(8-9-16-21(17)26(35)31(37)24(16)33)22(28)13-10-19(29)23(32)20(11-13)38-2/h3-8,10-11,16-18,21-22,32,37H,9,12H2,1-2H3. The molecule has 2 aromatic carbocycles. The molecule has 38 heavy (non-hydrogen) atoms. The van der Waals surface area contributed by atoms with Crippen LogP contribution in [0, 0.1) is 29.1 Å². The lowest BCUT2D eigenvalue weighted by Crippen LogP contribution is -2.48. The van der Waals surface area contributed by atoms with Crippen LogP contribution in [0.2, 0.25) is 5.02 Å². The van der Waals surface area contributed by atoms with Crippen LogP contribution >= 0.6 is 11.6 Å². The summed E-state index contributed by atoms with van der Waals surface area (Å²) < 4.78 is 5.34. The first-order chi connectivity index (χ1) is 18.1. The van der Waals surface area contributed by atoms with Crippen molar-refractivity contribution in [1.29, 1.82) is 0 Å². The first-order valence-electron chi connectivity index (χ1n) is 12.4. The number of amides is 4. The number of hydrogen-bond donors (Lipinski definition) is 2. The molecule has 2 aromatic rings. The molecule has 10 heteroatoms. The number of hydrogen-bond acceptors (Lipinski definition) is 7. The molecular formula is C28H25ClN2O7. The number of allylic oxidation sites excluding steroid dienone is 2. The molecule has 2 heterocycles. The number of imide groups is 2. The minimum atomic E-state index is -1.25. The maximum atomic E-state index is 14.2. The van der Waals surface area contributed by atoms with E-state index in [1.807, 2.05) is 6.08 Å². The Kier molecular flexibility index (Phi) is 5.45. The van der Waals surface area contributed by atoms with Crippen LogP contribution < -0.4 is 9.64 Å². The summed E-state index contributed by atoms with van der Waals surface area (Å²) >= 11 is 6.37. The van der Waals surface area contributed by atoms with E-state index in [1.54, 1.807) is 49.4 Å². The highest BCUT2D eigenvalue weighted by atomic mass is 35.5. The van der Waals surface area contributed by atoms with E-state index in [1.165, 1.54) is 12.0 Å². The van der Waals surface area contributed by atoms with Gasteiger partial charge in [-0.3, -0.25) is 24.4 Å². The third kappa shape index (κ3) is 3.09. The van der Waals surface area contributed by atoms with E-state index in [-0.39, 0.29) is 46.2 Å². The largest absolute Gasteiger partial charge is 0.503 e. The van der Waals surface area contributed by atoms with Crippen LogP contribution in [0.3, 0.4) is 0 Å². The third-order valence-corrected chi connectivity index (χ3v) is 9.16. The second-order valence-corrected chi connectivity index (χ2v) is 10.9. The second-order valence-electron chi connectivity index (χ2n) is 10.5. The number of rotatable bonds is 3. The molecular weight excluding hydrogens is 512 g/mol. The summed E-state index contributed by atoms with van der Waals surface area (Å²) in [6, 6.07) is 11.8. The van der Waals surface area contributed by atoms with Crippen LogP contribution in [-0.4, -0.2) is 46.1 Å². The molecule has 2 aliphatic carbocycles. The minimum Gasteiger partial charge on any atom is -0.503 e. The molecule has 9 nitrogen and oxygen atoms in total. The molecule has 0 spiro atoms. The van der Waals surface area contributed by atoms with Gasteiger partial charge < -0.3 is 9.84 Å². The number of anilines is 1. The van der Waals surface area contributed by atoms with E-state index >= 15 is 0 Å². The van der Waals surface area contributed by atoms with Gasteiger partial charge in [-0.2, -0.15) is 5.06 Å². The molecule has 1 saturated carbocycles. The number of aromatic hydroxyl groups is 1. The number of methoxy groups -OCH3 is 1. The van der Waals surface area contributed by atoms with E-state index in [9.17, 15) is 29.5 Å². The van der Waals surface area contributed by atoms with E-state index < -0.39 is 46.8 Å². The Morgan fingerprint density at radius 3 is 2.42 bits per heavy atom. The molecule has 0 radical (unpaired) electrons. The van der Waals surface area contributed by atoms with E-state index in [0.29, 0.717) is 11.3 Å². The lowest BCUT2D eigenvalue weighted by molar-refractivity contribution is -0.173. The Morgan fingerprint density at radius 1 is 1.03 bits per heavy atom. The van der Waals surface area contributed by atoms with Gasteiger partial charge in [-0.25, -0.2) is 4.90 Å². The lowest BCUT2D eigenvalue weighted by atomic mass is 9.51. The fourth-order valence-corrected chi connectivity index (χ4v) is 7.34. The smallest absolute Gasteiger partial charge is 0.257 e. The zero-order chi connectivity index (χ0) is 27.1. The second kappa shape index (κ2) is 8.41. The van der Waals surface area contributed by atoms with Gasteiger partial charge in [0, 0.05) is 5.92 Å². The molecule has 2 saturated heterocycles. The van der Waals surface area contributed by atoms with E-state index in [4.69, 9.17) is 16.3 Å². The lowest BCUT2D eigenvalue weighted by Gasteiger charge is -2.49. The highest BCUT2D eigenvalue weighted by molar-refractivity contribution is 6.32. The van der Waals surface area contributed by atoms with Crippen molar-refractivity contribution in [3.63, 3.8) is 0 Å². The van der Waals surface area contributed by atoms with E-state index in [0.717, 1.165) is 5.57 Å². The van der Waals surface area contributed by atoms with Crippen LogP contribution in [-0.2, 0) is 19.2 Å². The van der Waals surface area contributed by atoms with Gasteiger partial charge in [0.1, 0.15) is 0 Å². The summed E-state index contributed by atoms with van der Waals surface area (Å²) in [5, 5.41) is 20.7. The van der Waals surface area contributed by atoms with Crippen LogP contribution in [0.1, 0.15) is 31.2 Å². The van der Waals surface area contributed by atoms with Crippen molar-refractivity contribution in [2.75, 3.05) is 12.0 Å². The average molecular weight is 537 g/mol. The topological polar surface area (TPSA) is 124 Å².